The summed E-state index contributed by atoms with van der Waals surface area (Å²) in [4.78, 5) is 18.3. The molecule has 6 heteroatoms. The van der Waals surface area contributed by atoms with Crippen LogP contribution in [0.25, 0.3) is 17.2 Å². The van der Waals surface area contributed by atoms with Crippen molar-refractivity contribution in [1.29, 1.82) is 0 Å². The zero-order chi connectivity index (χ0) is 15.2. The Bertz CT molecular complexity index is 626. The molecule has 0 radical (unpaired) electrons. The first kappa shape index (κ1) is 14.7. The van der Waals surface area contributed by atoms with Gasteiger partial charge in [0.1, 0.15) is 5.52 Å². The van der Waals surface area contributed by atoms with Gasteiger partial charge in [-0.3, -0.25) is 9.69 Å². The van der Waals surface area contributed by atoms with Crippen LogP contribution in [0.2, 0.25) is 0 Å². The molecule has 1 saturated heterocycles. The third-order valence-corrected chi connectivity index (χ3v) is 3.52. The van der Waals surface area contributed by atoms with Gasteiger partial charge in [0.15, 0.2) is 5.58 Å². The normalized spacial score (nSPS) is 16.4. The largest absolute Gasteiger partial charge is 0.437 e. The molecule has 0 bridgehead atoms. The maximum Gasteiger partial charge on any atom is 0.244 e. The summed E-state index contributed by atoms with van der Waals surface area (Å²) in [5.74, 6) is 0.292. The summed E-state index contributed by atoms with van der Waals surface area (Å²) in [6.45, 7) is 4.85. The van der Waals surface area contributed by atoms with E-state index in [1.807, 2.05) is 24.3 Å². The predicted octanol–water partition coefficient (Wildman–Crippen LogP) is 1.29. The van der Waals surface area contributed by atoms with E-state index in [-0.39, 0.29) is 5.91 Å². The monoisotopic (exact) mass is 301 g/mol. The quantitative estimate of drug-likeness (QED) is 0.843. The highest BCUT2D eigenvalue weighted by Crippen LogP contribution is 2.15. The van der Waals surface area contributed by atoms with E-state index in [1.54, 1.807) is 6.08 Å². The average Bonchev–Trinajstić information content (AvgIpc) is 2.97. The molecule has 0 aliphatic carbocycles. The highest BCUT2D eigenvalue weighted by Gasteiger charge is 2.09. The van der Waals surface area contributed by atoms with Gasteiger partial charge in [0, 0.05) is 38.3 Å². The lowest BCUT2D eigenvalue weighted by Gasteiger charge is -2.26. The van der Waals surface area contributed by atoms with Gasteiger partial charge in [-0.25, -0.2) is 4.98 Å². The highest BCUT2D eigenvalue weighted by molar-refractivity contribution is 5.91. The maximum absolute atomic E-state index is 11.8. The second kappa shape index (κ2) is 7.20. The fraction of sp³-hybridized carbons (Fsp3) is 0.375. The van der Waals surface area contributed by atoms with Crippen molar-refractivity contribution in [2.45, 2.75) is 0 Å². The van der Waals surface area contributed by atoms with Crippen molar-refractivity contribution in [3.63, 3.8) is 0 Å². The Balaban J connectivity index is 1.46. The molecule has 1 aromatic carbocycles. The van der Waals surface area contributed by atoms with Crippen LogP contribution in [0.1, 0.15) is 5.89 Å². The van der Waals surface area contributed by atoms with E-state index in [9.17, 15) is 4.79 Å². The second-order valence-corrected chi connectivity index (χ2v) is 5.10. The zero-order valence-corrected chi connectivity index (χ0v) is 12.3. The molecule has 2 aromatic rings. The minimum absolute atomic E-state index is 0.143. The number of ether oxygens (including phenoxy) is 1. The molecule has 1 N–H and O–H groups in total. The molecule has 1 amide bonds. The molecule has 0 atom stereocenters. The average molecular weight is 301 g/mol. The van der Waals surface area contributed by atoms with Crippen LogP contribution in [0.3, 0.4) is 0 Å². The van der Waals surface area contributed by atoms with Crippen LogP contribution in [0.5, 0.6) is 0 Å². The summed E-state index contributed by atoms with van der Waals surface area (Å²) in [6.07, 6.45) is 3.04. The SMILES string of the molecule is O=C(/C=C/c1nc2ccccc2o1)NCCN1CCOCC1. The van der Waals surface area contributed by atoms with E-state index in [2.05, 4.69) is 15.2 Å². The molecule has 0 unspecified atom stereocenters. The first-order valence-electron chi connectivity index (χ1n) is 7.43. The van der Waals surface area contributed by atoms with Gasteiger partial charge >= 0.3 is 0 Å². The number of nitrogens with one attached hydrogen (secondary N) is 1. The van der Waals surface area contributed by atoms with Crippen LogP contribution in [0.15, 0.2) is 34.8 Å². The smallest absolute Gasteiger partial charge is 0.244 e. The molecule has 1 aliphatic rings. The Morgan fingerprint density at radius 2 is 2.14 bits per heavy atom. The maximum atomic E-state index is 11.8. The first-order valence-corrected chi connectivity index (χ1v) is 7.43. The van der Waals surface area contributed by atoms with Crippen molar-refractivity contribution in [1.82, 2.24) is 15.2 Å². The molecular weight excluding hydrogens is 282 g/mol. The lowest BCUT2D eigenvalue weighted by Crippen LogP contribution is -2.41. The lowest BCUT2D eigenvalue weighted by atomic mass is 10.3. The molecule has 3 rings (SSSR count). The van der Waals surface area contributed by atoms with Gasteiger partial charge in [-0.2, -0.15) is 0 Å². The van der Waals surface area contributed by atoms with E-state index >= 15 is 0 Å². The molecule has 0 spiro atoms. The molecule has 1 fully saturated rings. The number of para-hydroxylation sites is 2. The predicted molar refractivity (Wildman–Crippen MR) is 83.3 cm³/mol. The van der Waals surface area contributed by atoms with Gasteiger partial charge in [0.2, 0.25) is 11.8 Å². The van der Waals surface area contributed by atoms with Crippen LogP contribution in [0, 0.1) is 0 Å². The molecule has 0 saturated carbocycles. The minimum Gasteiger partial charge on any atom is -0.437 e. The highest BCUT2D eigenvalue weighted by atomic mass is 16.5. The van der Waals surface area contributed by atoms with Crippen molar-refractivity contribution in [2.75, 3.05) is 39.4 Å². The number of carbonyl (C=O) groups is 1. The Morgan fingerprint density at radius 1 is 1.32 bits per heavy atom. The Labute approximate surface area is 128 Å². The summed E-state index contributed by atoms with van der Waals surface area (Å²) in [7, 11) is 0. The fourth-order valence-electron chi connectivity index (χ4n) is 2.33. The third-order valence-electron chi connectivity index (χ3n) is 3.52. The van der Waals surface area contributed by atoms with Gasteiger partial charge in [0.05, 0.1) is 13.2 Å². The first-order chi connectivity index (χ1) is 10.8. The number of benzene rings is 1. The third kappa shape index (κ3) is 3.93. The van der Waals surface area contributed by atoms with Gasteiger partial charge < -0.3 is 14.5 Å². The summed E-state index contributed by atoms with van der Waals surface area (Å²) in [5, 5.41) is 2.86. The van der Waals surface area contributed by atoms with Crippen LogP contribution in [-0.2, 0) is 9.53 Å². The number of hydrogen-bond donors (Lipinski definition) is 1. The van der Waals surface area contributed by atoms with E-state index < -0.39 is 0 Å². The number of amides is 1. The zero-order valence-electron chi connectivity index (χ0n) is 12.3. The minimum atomic E-state index is -0.143. The molecule has 116 valence electrons. The van der Waals surface area contributed by atoms with Crippen LogP contribution in [-0.4, -0.2) is 55.2 Å². The van der Waals surface area contributed by atoms with Crippen LogP contribution < -0.4 is 5.32 Å². The van der Waals surface area contributed by atoms with Gasteiger partial charge in [-0.05, 0) is 12.1 Å². The van der Waals surface area contributed by atoms with Crippen molar-refractivity contribution >= 4 is 23.1 Å². The lowest BCUT2D eigenvalue weighted by molar-refractivity contribution is -0.116. The summed E-state index contributed by atoms with van der Waals surface area (Å²) in [5.41, 5.74) is 1.50. The topological polar surface area (TPSA) is 67.6 Å². The van der Waals surface area contributed by atoms with Gasteiger partial charge in [-0.1, -0.05) is 12.1 Å². The molecule has 1 aliphatic heterocycles. The summed E-state index contributed by atoms with van der Waals surface area (Å²) < 4.78 is 10.8. The number of nitrogens with zero attached hydrogens (tertiary/aromatic N) is 2. The number of oxazole rings is 1. The van der Waals surface area contributed by atoms with E-state index in [0.717, 1.165) is 43.9 Å². The van der Waals surface area contributed by atoms with E-state index in [1.165, 1.54) is 6.08 Å². The molecule has 22 heavy (non-hydrogen) atoms. The number of morpholine rings is 1. The standard InChI is InChI=1S/C16H19N3O3/c20-15(17-7-8-19-9-11-21-12-10-19)5-6-16-18-13-3-1-2-4-14(13)22-16/h1-6H,7-12H2,(H,17,20)/b6-5+. The van der Waals surface area contributed by atoms with Crippen molar-refractivity contribution in [3.05, 3.63) is 36.2 Å². The summed E-state index contributed by atoms with van der Waals surface area (Å²) >= 11 is 0. The number of fused-ring (bicyclic) bond motifs is 1. The van der Waals surface area contributed by atoms with E-state index in [0.29, 0.717) is 12.4 Å². The molecule has 2 heterocycles. The fourth-order valence-corrected chi connectivity index (χ4v) is 2.33. The second-order valence-electron chi connectivity index (χ2n) is 5.10. The summed E-state index contributed by atoms with van der Waals surface area (Å²) in [6, 6.07) is 7.51. The number of carbonyl (C=O) groups excluding carboxylic acids is 1. The van der Waals surface area contributed by atoms with E-state index in [4.69, 9.17) is 9.15 Å². The van der Waals surface area contributed by atoms with Crippen LogP contribution in [0.4, 0.5) is 0 Å². The Hall–Kier alpha value is -2.18. The van der Waals surface area contributed by atoms with Gasteiger partial charge in [-0.15, -0.1) is 0 Å². The van der Waals surface area contributed by atoms with Crippen LogP contribution >= 0.6 is 0 Å². The Morgan fingerprint density at radius 3 is 2.95 bits per heavy atom. The molecular formula is C16H19N3O3. The van der Waals surface area contributed by atoms with Gasteiger partial charge in [0.25, 0.3) is 0 Å². The number of rotatable bonds is 5. The number of hydrogen-bond acceptors (Lipinski definition) is 5. The number of aromatic nitrogens is 1. The molecule has 6 nitrogen and oxygen atoms in total. The Kier molecular flexibility index (Phi) is 4.82. The molecule has 1 aromatic heterocycles. The van der Waals surface area contributed by atoms with Crippen molar-refractivity contribution in [3.8, 4) is 0 Å². The van der Waals surface area contributed by atoms with Crippen molar-refractivity contribution in [2.24, 2.45) is 0 Å². The van der Waals surface area contributed by atoms with Crippen molar-refractivity contribution < 1.29 is 13.9 Å².